The zero-order chi connectivity index (χ0) is 14.9. The van der Waals surface area contributed by atoms with Crippen LogP contribution in [0, 0.1) is 25.5 Å². The molecule has 0 heterocycles. The maximum absolute atomic E-state index is 13.8. The minimum Gasteiger partial charge on any atom is -0.399 e. The first kappa shape index (κ1) is 14.7. The number of rotatable bonds is 3. The average molecular weight is 295 g/mol. The third kappa shape index (κ3) is 2.88. The van der Waals surface area contributed by atoms with Crippen LogP contribution in [-0.2, 0) is 16.6 Å². The molecule has 0 radical (unpaired) electrons. The minimum absolute atomic E-state index is 0.0205. The predicted octanol–water partition coefficient (Wildman–Crippen LogP) is 3.47. The predicted molar refractivity (Wildman–Crippen MR) is 76.8 cm³/mol. The molecule has 20 heavy (non-hydrogen) atoms. The molecule has 1 atom stereocenters. The fourth-order valence-electron chi connectivity index (χ4n) is 2.08. The summed E-state index contributed by atoms with van der Waals surface area (Å²) in [4.78, 5) is -0.415. The van der Waals surface area contributed by atoms with E-state index in [0.717, 1.165) is 28.8 Å². The van der Waals surface area contributed by atoms with Crippen molar-refractivity contribution < 1.29 is 13.0 Å². The Hall–Kier alpha value is -1.75. The molecule has 2 aromatic rings. The van der Waals surface area contributed by atoms with Gasteiger partial charge < -0.3 is 5.73 Å². The molecule has 0 aliphatic rings. The second-order valence-electron chi connectivity index (χ2n) is 4.67. The molecule has 0 spiro atoms. The van der Waals surface area contributed by atoms with E-state index in [4.69, 9.17) is 5.73 Å². The van der Waals surface area contributed by atoms with Gasteiger partial charge in [-0.3, -0.25) is 4.21 Å². The van der Waals surface area contributed by atoms with Gasteiger partial charge in [-0.15, -0.1) is 0 Å². The largest absolute Gasteiger partial charge is 0.399 e. The fraction of sp³-hybridized carbons (Fsp3) is 0.200. The van der Waals surface area contributed by atoms with Crippen LogP contribution in [0.4, 0.5) is 14.5 Å². The smallest absolute Gasteiger partial charge is 0.144 e. The van der Waals surface area contributed by atoms with Crippen molar-refractivity contribution in [2.75, 3.05) is 5.73 Å². The Morgan fingerprint density at radius 3 is 2.10 bits per heavy atom. The molecular weight excluding hydrogens is 280 g/mol. The van der Waals surface area contributed by atoms with E-state index in [-0.39, 0.29) is 11.4 Å². The topological polar surface area (TPSA) is 43.1 Å². The molecule has 2 N–H and O–H groups in total. The van der Waals surface area contributed by atoms with Gasteiger partial charge in [0.15, 0.2) is 0 Å². The van der Waals surface area contributed by atoms with Crippen molar-refractivity contribution in [3.63, 3.8) is 0 Å². The number of halogens is 2. The lowest BCUT2D eigenvalue weighted by atomic mass is 10.1. The SMILES string of the molecule is Cc1cccc(C)c1CS(=O)c1c(F)cc(N)cc1F. The van der Waals surface area contributed by atoms with E-state index >= 15 is 0 Å². The summed E-state index contributed by atoms with van der Waals surface area (Å²) in [5.74, 6) is -1.66. The van der Waals surface area contributed by atoms with Crippen molar-refractivity contribution in [3.8, 4) is 0 Å². The van der Waals surface area contributed by atoms with Crippen LogP contribution in [-0.4, -0.2) is 4.21 Å². The third-order valence-electron chi connectivity index (χ3n) is 3.17. The molecule has 1 unspecified atom stereocenters. The van der Waals surface area contributed by atoms with Crippen molar-refractivity contribution in [1.82, 2.24) is 0 Å². The van der Waals surface area contributed by atoms with Crippen LogP contribution in [0.1, 0.15) is 16.7 Å². The van der Waals surface area contributed by atoms with E-state index in [1.807, 2.05) is 32.0 Å². The van der Waals surface area contributed by atoms with Gasteiger partial charge in [-0.2, -0.15) is 0 Å². The third-order valence-corrected chi connectivity index (χ3v) is 4.56. The number of hydrogen-bond acceptors (Lipinski definition) is 2. The Morgan fingerprint density at radius 1 is 1.10 bits per heavy atom. The molecule has 0 aromatic heterocycles. The Labute approximate surface area is 119 Å². The summed E-state index contributed by atoms with van der Waals surface area (Å²) in [5.41, 5.74) is 8.09. The summed E-state index contributed by atoms with van der Waals surface area (Å²) in [7, 11) is -1.79. The molecule has 2 rings (SSSR count). The van der Waals surface area contributed by atoms with Gasteiger partial charge in [0, 0.05) is 5.69 Å². The number of nitrogens with two attached hydrogens (primary N) is 1. The number of nitrogen functional groups attached to an aromatic ring is 1. The van der Waals surface area contributed by atoms with Crippen LogP contribution >= 0.6 is 0 Å². The molecule has 0 fully saturated rings. The molecule has 0 saturated heterocycles. The summed E-state index contributed by atoms with van der Waals surface area (Å²) < 4.78 is 39.8. The molecule has 0 amide bonds. The molecule has 106 valence electrons. The van der Waals surface area contributed by atoms with Gasteiger partial charge in [0.05, 0.1) is 16.6 Å². The van der Waals surface area contributed by atoms with E-state index < -0.39 is 27.3 Å². The molecule has 0 saturated carbocycles. The van der Waals surface area contributed by atoms with Crippen molar-refractivity contribution >= 4 is 16.5 Å². The Bertz CT molecular complexity index is 642. The van der Waals surface area contributed by atoms with Crippen LogP contribution in [0.5, 0.6) is 0 Å². The van der Waals surface area contributed by atoms with E-state index in [2.05, 4.69) is 0 Å². The second-order valence-corrected chi connectivity index (χ2v) is 6.06. The quantitative estimate of drug-likeness (QED) is 0.881. The Kier molecular flexibility index (Phi) is 4.18. The molecule has 0 aliphatic heterocycles. The molecule has 5 heteroatoms. The monoisotopic (exact) mass is 295 g/mol. The van der Waals surface area contributed by atoms with E-state index in [0.29, 0.717) is 0 Å². The van der Waals surface area contributed by atoms with Crippen LogP contribution < -0.4 is 5.73 Å². The van der Waals surface area contributed by atoms with Gasteiger partial charge in [-0.1, -0.05) is 18.2 Å². The van der Waals surface area contributed by atoms with Crippen molar-refractivity contribution in [2.24, 2.45) is 0 Å². The summed E-state index contributed by atoms with van der Waals surface area (Å²) in [6.07, 6.45) is 0. The molecule has 0 aliphatic carbocycles. The van der Waals surface area contributed by atoms with Crippen molar-refractivity contribution in [2.45, 2.75) is 24.5 Å². The van der Waals surface area contributed by atoms with Gasteiger partial charge >= 0.3 is 0 Å². The van der Waals surface area contributed by atoms with Crippen LogP contribution in [0.2, 0.25) is 0 Å². The first-order valence-electron chi connectivity index (χ1n) is 6.08. The van der Waals surface area contributed by atoms with Gasteiger partial charge in [-0.05, 0) is 42.7 Å². The van der Waals surface area contributed by atoms with Gasteiger partial charge in [-0.25, -0.2) is 8.78 Å². The number of hydrogen-bond donors (Lipinski definition) is 1. The summed E-state index contributed by atoms with van der Waals surface area (Å²) in [5, 5.41) is 0. The lowest BCUT2D eigenvalue weighted by Gasteiger charge is -2.11. The maximum atomic E-state index is 13.8. The average Bonchev–Trinajstić information content (AvgIpc) is 2.32. The number of anilines is 1. The Balaban J connectivity index is 2.39. The minimum atomic E-state index is -1.79. The summed E-state index contributed by atoms with van der Waals surface area (Å²) in [6.45, 7) is 3.77. The van der Waals surface area contributed by atoms with Crippen LogP contribution in [0.3, 0.4) is 0 Å². The molecule has 2 nitrogen and oxygen atoms in total. The lowest BCUT2D eigenvalue weighted by molar-refractivity contribution is 0.535. The molecule has 0 bridgehead atoms. The Morgan fingerprint density at radius 2 is 1.60 bits per heavy atom. The highest BCUT2D eigenvalue weighted by Crippen LogP contribution is 2.24. The van der Waals surface area contributed by atoms with Crippen molar-refractivity contribution in [1.29, 1.82) is 0 Å². The number of benzene rings is 2. The standard InChI is InChI=1S/C15H15F2NOS/c1-9-4-3-5-10(2)12(9)8-20(19)15-13(16)6-11(18)7-14(15)17/h3-7H,8,18H2,1-2H3. The molecule has 2 aromatic carbocycles. The van der Waals surface area contributed by atoms with Gasteiger partial charge in [0.2, 0.25) is 0 Å². The second kappa shape index (κ2) is 5.71. The van der Waals surface area contributed by atoms with Gasteiger partial charge in [0.25, 0.3) is 0 Å². The normalized spacial score (nSPS) is 12.4. The zero-order valence-corrected chi connectivity index (χ0v) is 12.1. The van der Waals surface area contributed by atoms with E-state index in [1.165, 1.54) is 0 Å². The van der Waals surface area contributed by atoms with Crippen LogP contribution in [0.15, 0.2) is 35.2 Å². The summed E-state index contributed by atoms with van der Waals surface area (Å²) in [6, 6.07) is 7.63. The first-order valence-corrected chi connectivity index (χ1v) is 7.40. The van der Waals surface area contributed by atoms with E-state index in [9.17, 15) is 13.0 Å². The zero-order valence-electron chi connectivity index (χ0n) is 11.2. The lowest BCUT2D eigenvalue weighted by Crippen LogP contribution is -2.06. The van der Waals surface area contributed by atoms with Crippen LogP contribution in [0.25, 0.3) is 0 Å². The van der Waals surface area contributed by atoms with E-state index in [1.54, 1.807) is 0 Å². The highest BCUT2D eigenvalue weighted by molar-refractivity contribution is 7.84. The number of aryl methyl sites for hydroxylation is 2. The first-order chi connectivity index (χ1) is 9.40. The fourth-order valence-corrected chi connectivity index (χ4v) is 3.49. The highest BCUT2D eigenvalue weighted by Gasteiger charge is 2.18. The van der Waals surface area contributed by atoms with Crippen molar-refractivity contribution in [3.05, 3.63) is 58.7 Å². The maximum Gasteiger partial charge on any atom is 0.144 e. The highest BCUT2D eigenvalue weighted by atomic mass is 32.2. The van der Waals surface area contributed by atoms with Gasteiger partial charge in [0.1, 0.15) is 16.5 Å². The summed E-state index contributed by atoms with van der Waals surface area (Å²) >= 11 is 0. The molecular formula is C15H15F2NOS.